The lowest BCUT2D eigenvalue weighted by atomic mass is 10.2. The molecule has 2 rings (SSSR count). The SMILES string of the molecule is CN/N=C/c1ccccc1OCc1ccccc1Cl. The minimum absolute atomic E-state index is 0.435. The van der Waals surface area contributed by atoms with Gasteiger partial charge >= 0.3 is 0 Å². The van der Waals surface area contributed by atoms with Crippen molar-refractivity contribution in [2.45, 2.75) is 6.61 Å². The molecule has 0 amide bonds. The first-order valence-electron chi connectivity index (χ1n) is 5.96. The second kappa shape index (κ2) is 6.81. The lowest BCUT2D eigenvalue weighted by molar-refractivity contribution is 0.306. The van der Waals surface area contributed by atoms with Crippen molar-refractivity contribution in [3.05, 3.63) is 64.7 Å². The van der Waals surface area contributed by atoms with Crippen molar-refractivity contribution < 1.29 is 4.74 Å². The molecule has 0 radical (unpaired) electrons. The van der Waals surface area contributed by atoms with E-state index in [4.69, 9.17) is 16.3 Å². The Labute approximate surface area is 117 Å². The first-order chi connectivity index (χ1) is 9.31. The van der Waals surface area contributed by atoms with E-state index in [1.165, 1.54) is 0 Å². The molecule has 0 unspecified atom stereocenters. The first kappa shape index (κ1) is 13.4. The summed E-state index contributed by atoms with van der Waals surface area (Å²) in [6, 6.07) is 15.4. The van der Waals surface area contributed by atoms with Crippen LogP contribution in [0.3, 0.4) is 0 Å². The molecule has 0 saturated carbocycles. The average molecular weight is 275 g/mol. The molecule has 0 spiro atoms. The Morgan fingerprint density at radius 1 is 1.16 bits per heavy atom. The molecular weight excluding hydrogens is 260 g/mol. The van der Waals surface area contributed by atoms with Crippen LogP contribution in [-0.2, 0) is 6.61 Å². The molecule has 98 valence electrons. The third kappa shape index (κ3) is 3.73. The van der Waals surface area contributed by atoms with Gasteiger partial charge in [-0.25, -0.2) is 0 Å². The summed E-state index contributed by atoms with van der Waals surface area (Å²) in [4.78, 5) is 0. The topological polar surface area (TPSA) is 33.6 Å². The number of halogens is 1. The first-order valence-corrected chi connectivity index (χ1v) is 6.34. The predicted molar refractivity (Wildman–Crippen MR) is 78.9 cm³/mol. The van der Waals surface area contributed by atoms with Crippen molar-refractivity contribution in [3.8, 4) is 5.75 Å². The van der Waals surface area contributed by atoms with Crippen LogP contribution >= 0.6 is 11.6 Å². The predicted octanol–water partition coefficient (Wildman–Crippen LogP) is 3.47. The van der Waals surface area contributed by atoms with Gasteiger partial charge in [0.15, 0.2) is 0 Å². The molecule has 19 heavy (non-hydrogen) atoms. The smallest absolute Gasteiger partial charge is 0.128 e. The third-order valence-electron chi connectivity index (χ3n) is 2.59. The van der Waals surface area contributed by atoms with E-state index in [-0.39, 0.29) is 0 Å². The molecule has 0 aliphatic rings. The van der Waals surface area contributed by atoms with E-state index >= 15 is 0 Å². The summed E-state index contributed by atoms with van der Waals surface area (Å²) < 4.78 is 5.80. The Morgan fingerprint density at radius 2 is 1.89 bits per heavy atom. The van der Waals surface area contributed by atoms with Crippen molar-refractivity contribution >= 4 is 17.8 Å². The van der Waals surface area contributed by atoms with Crippen molar-refractivity contribution in [2.24, 2.45) is 5.10 Å². The van der Waals surface area contributed by atoms with Gasteiger partial charge in [0.2, 0.25) is 0 Å². The lowest BCUT2D eigenvalue weighted by Gasteiger charge is -2.09. The molecule has 1 N–H and O–H groups in total. The van der Waals surface area contributed by atoms with Gasteiger partial charge in [-0.3, -0.25) is 0 Å². The van der Waals surface area contributed by atoms with Crippen LogP contribution in [0.2, 0.25) is 5.02 Å². The number of rotatable bonds is 5. The standard InChI is InChI=1S/C15H15ClN2O/c1-17-18-10-12-6-3-5-9-15(12)19-11-13-7-2-4-8-14(13)16/h2-10,17H,11H2,1H3/b18-10+. The molecule has 0 aliphatic heterocycles. The second-order valence-corrected chi connectivity index (χ2v) is 4.31. The summed E-state index contributed by atoms with van der Waals surface area (Å²) >= 11 is 6.10. The number of benzene rings is 2. The zero-order valence-electron chi connectivity index (χ0n) is 10.6. The largest absolute Gasteiger partial charge is 0.488 e. The Kier molecular flexibility index (Phi) is 4.81. The van der Waals surface area contributed by atoms with E-state index in [0.717, 1.165) is 16.9 Å². The Bertz CT molecular complexity index is 570. The van der Waals surface area contributed by atoms with Gasteiger partial charge in [0.05, 0.1) is 6.21 Å². The third-order valence-corrected chi connectivity index (χ3v) is 2.96. The molecule has 2 aromatic carbocycles. The number of para-hydroxylation sites is 1. The highest BCUT2D eigenvalue weighted by Gasteiger charge is 2.03. The molecule has 0 saturated heterocycles. The molecule has 0 bridgehead atoms. The fourth-order valence-electron chi connectivity index (χ4n) is 1.62. The van der Waals surface area contributed by atoms with Gasteiger partial charge in [0.1, 0.15) is 12.4 Å². The summed E-state index contributed by atoms with van der Waals surface area (Å²) in [5.41, 5.74) is 4.60. The van der Waals surface area contributed by atoms with Crippen molar-refractivity contribution in [2.75, 3.05) is 7.05 Å². The maximum atomic E-state index is 6.10. The van der Waals surface area contributed by atoms with E-state index in [1.807, 2.05) is 48.5 Å². The van der Waals surface area contributed by atoms with Crippen LogP contribution in [0.1, 0.15) is 11.1 Å². The minimum Gasteiger partial charge on any atom is -0.488 e. The zero-order chi connectivity index (χ0) is 13.5. The number of hydrogen-bond donors (Lipinski definition) is 1. The maximum absolute atomic E-state index is 6.10. The maximum Gasteiger partial charge on any atom is 0.128 e. The minimum atomic E-state index is 0.435. The summed E-state index contributed by atoms with van der Waals surface area (Å²) in [5.74, 6) is 0.779. The van der Waals surface area contributed by atoms with Gasteiger partial charge < -0.3 is 10.2 Å². The fraction of sp³-hybridized carbons (Fsp3) is 0.133. The van der Waals surface area contributed by atoms with E-state index in [9.17, 15) is 0 Å². The van der Waals surface area contributed by atoms with Gasteiger partial charge in [-0.2, -0.15) is 5.10 Å². The number of hydrogen-bond acceptors (Lipinski definition) is 3. The summed E-state index contributed by atoms with van der Waals surface area (Å²) in [6.45, 7) is 0.435. The molecule has 0 fully saturated rings. The highest BCUT2D eigenvalue weighted by molar-refractivity contribution is 6.31. The van der Waals surface area contributed by atoms with Crippen molar-refractivity contribution in [3.63, 3.8) is 0 Å². The van der Waals surface area contributed by atoms with Crippen LogP contribution in [0, 0.1) is 0 Å². The van der Waals surface area contributed by atoms with Crippen LogP contribution < -0.4 is 10.2 Å². The number of nitrogens with one attached hydrogen (secondary N) is 1. The van der Waals surface area contributed by atoms with E-state index in [0.29, 0.717) is 11.6 Å². The van der Waals surface area contributed by atoms with Crippen LogP contribution in [0.5, 0.6) is 5.75 Å². The van der Waals surface area contributed by atoms with Gasteiger partial charge in [-0.05, 0) is 18.2 Å². The van der Waals surface area contributed by atoms with E-state index in [1.54, 1.807) is 13.3 Å². The zero-order valence-corrected chi connectivity index (χ0v) is 11.4. The van der Waals surface area contributed by atoms with Gasteiger partial charge in [-0.15, -0.1) is 0 Å². The molecule has 0 heterocycles. The number of hydrazone groups is 1. The number of nitrogens with zero attached hydrogens (tertiary/aromatic N) is 1. The molecular formula is C15H15ClN2O. The van der Waals surface area contributed by atoms with Gasteiger partial charge in [-0.1, -0.05) is 41.9 Å². The quantitative estimate of drug-likeness (QED) is 0.669. The molecule has 4 heteroatoms. The fourth-order valence-corrected chi connectivity index (χ4v) is 1.81. The van der Waals surface area contributed by atoms with Gasteiger partial charge in [0.25, 0.3) is 0 Å². The van der Waals surface area contributed by atoms with E-state index < -0.39 is 0 Å². The normalized spacial score (nSPS) is 10.6. The van der Waals surface area contributed by atoms with Crippen LogP contribution in [0.25, 0.3) is 0 Å². The van der Waals surface area contributed by atoms with E-state index in [2.05, 4.69) is 10.5 Å². The van der Waals surface area contributed by atoms with Crippen LogP contribution in [-0.4, -0.2) is 13.3 Å². The van der Waals surface area contributed by atoms with Gasteiger partial charge in [0, 0.05) is 23.2 Å². The summed E-state index contributed by atoms with van der Waals surface area (Å²) in [6.07, 6.45) is 1.72. The molecule has 0 aliphatic carbocycles. The van der Waals surface area contributed by atoms with Crippen LogP contribution in [0.4, 0.5) is 0 Å². The molecule has 0 atom stereocenters. The molecule has 2 aromatic rings. The Balaban J connectivity index is 2.11. The Hall–Kier alpha value is -2.00. The van der Waals surface area contributed by atoms with Crippen molar-refractivity contribution in [1.29, 1.82) is 0 Å². The summed E-state index contributed by atoms with van der Waals surface area (Å²) in [5, 5.41) is 4.71. The summed E-state index contributed by atoms with van der Waals surface area (Å²) in [7, 11) is 1.75. The average Bonchev–Trinajstić information content (AvgIpc) is 2.45. The molecule has 0 aromatic heterocycles. The van der Waals surface area contributed by atoms with Crippen molar-refractivity contribution in [1.82, 2.24) is 5.43 Å². The molecule has 3 nitrogen and oxygen atoms in total. The monoisotopic (exact) mass is 274 g/mol. The highest BCUT2D eigenvalue weighted by Crippen LogP contribution is 2.20. The second-order valence-electron chi connectivity index (χ2n) is 3.90. The number of ether oxygens (including phenoxy) is 1. The highest BCUT2D eigenvalue weighted by atomic mass is 35.5. The Morgan fingerprint density at radius 3 is 2.68 bits per heavy atom. The van der Waals surface area contributed by atoms with Crippen LogP contribution in [0.15, 0.2) is 53.6 Å². The lowest BCUT2D eigenvalue weighted by Crippen LogP contribution is -2.00.